The molecule has 2 aromatic rings. The highest BCUT2D eigenvalue weighted by Crippen LogP contribution is 2.26. The molecule has 0 bridgehead atoms. The normalized spacial score (nSPS) is 10.5. The molecule has 5 heteroatoms. The van der Waals surface area contributed by atoms with Crippen molar-refractivity contribution in [1.29, 1.82) is 0 Å². The summed E-state index contributed by atoms with van der Waals surface area (Å²) in [6.45, 7) is 3.66. The maximum atomic E-state index is 5.16. The lowest BCUT2D eigenvalue weighted by molar-refractivity contribution is 0.379. The number of halogens is 2. The van der Waals surface area contributed by atoms with E-state index in [-0.39, 0.29) is 0 Å². The highest BCUT2D eigenvalue weighted by atomic mass is 79.9. The first-order chi connectivity index (χ1) is 8.19. The molecule has 0 unspecified atom stereocenters. The van der Waals surface area contributed by atoms with E-state index in [1.807, 2.05) is 24.3 Å². The summed E-state index contributed by atoms with van der Waals surface area (Å²) in [4.78, 5) is 4.33. The monoisotopic (exact) mass is 356 g/mol. The fourth-order valence-electron chi connectivity index (χ4n) is 1.38. The number of benzene rings is 1. The average molecular weight is 358 g/mol. The molecule has 0 aliphatic rings. The maximum Gasteiger partial charge on any atom is 0.227 e. The summed E-state index contributed by atoms with van der Waals surface area (Å²) < 4.78 is 7.10. The van der Waals surface area contributed by atoms with Crippen molar-refractivity contribution in [2.75, 3.05) is 0 Å². The van der Waals surface area contributed by atoms with Crippen molar-refractivity contribution in [3.8, 4) is 11.4 Å². The molecule has 17 heavy (non-hydrogen) atoms. The van der Waals surface area contributed by atoms with Crippen LogP contribution < -0.4 is 0 Å². The molecule has 0 N–H and O–H groups in total. The molecule has 2 rings (SSSR count). The van der Waals surface area contributed by atoms with Crippen LogP contribution in [0.15, 0.2) is 44.3 Å². The van der Waals surface area contributed by atoms with Crippen LogP contribution in [0.5, 0.6) is 0 Å². The van der Waals surface area contributed by atoms with Gasteiger partial charge in [0.1, 0.15) is 0 Å². The topological polar surface area (TPSA) is 38.9 Å². The van der Waals surface area contributed by atoms with E-state index in [9.17, 15) is 0 Å². The Hall–Kier alpha value is -0.940. The second kappa shape index (κ2) is 5.60. The SMILES string of the molecule is C=CCCc1nc(-c2cc(Br)cc(Br)c2)no1. The zero-order valence-corrected chi connectivity index (χ0v) is 12.2. The third kappa shape index (κ3) is 3.26. The molecule has 88 valence electrons. The second-order valence-corrected chi connectivity index (χ2v) is 5.33. The van der Waals surface area contributed by atoms with Gasteiger partial charge in [-0.2, -0.15) is 4.98 Å². The first-order valence-corrected chi connectivity index (χ1v) is 6.67. The number of aromatic nitrogens is 2. The van der Waals surface area contributed by atoms with Crippen LogP contribution in [0.1, 0.15) is 12.3 Å². The summed E-state index contributed by atoms with van der Waals surface area (Å²) in [6, 6.07) is 5.86. The van der Waals surface area contributed by atoms with Gasteiger partial charge in [-0.15, -0.1) is 6.58 Å². The summed E-state index contributed by atoms with van der Waals surface area (Å²) in [5, 5.41) is 3.96. The third-order valence-corrected chi connectivity index (χ3v) is 3.07. The van der Waals surface area contributed by atoms with Crippen LogP contribution in [0.3, 0.4) is 0 Å². The highest BCUT2D eigenvalue weighted by Gasteiger charge is 2.09. The van der Waals surface area contributed by atoms with Gasteiger partial charge in [-0.1, -0.05) is 43.1 Å². The van der Waals surface area contributed by atoms with Crippen LogP contribution in [0, 0.1) is 0 Å². The predicted molar refractivity (Wildman–Crippen MR) is 73.7 cm³/mol. The molecule has 0 amide bonds. The fourth-order valence-corrected chi connectivity index (χ4v) is 2.68. The molecule has 1 aromatic carbocycles. The molecule has 0 radical (unpaired) electrons. The quantitative estimate of drug-likeness (QED) is 0.762. The molecule has 0 aliphatic heterocycles. The Morgan fingerprint density at radius 2 is 1.94 bits per heavy atom. The number of nitrogens with zero attached hydrogens (tertiary/aromatic N) is 2. The molecule has 0 fully saturated rings. The van der Waals surface area contributed by atoms with E-state index in [1.54, 1.807) is 0 Å². The van der Waals surface area contributed by atoms with E-state index in [0.29, 0.717) is 11.7 Å². The van der Waals surface area contributed by atoms with E-state index in [2.05, 4.69) is 48.6 Å². The molecule has 0 aliphatic carbocycles. The van der Waals surface area contributed by atoms with Crippen LogP contribution in [-0.4, -0.2) is 10.1 Å². The minimum Gasteiger partial charge on any atom is -0.339 e. The lowest BCUT2D eigenvalue weighted by Gasteiger charge is -1.97. The Morgan fingerprint density at radius 3 is 2.59 bits per heavy atom. The van der Waals surface area contributed by atoms with E-state index in [4.69, 9.17) is 4.52 Å². The summed E-state index contributed by atoms with van der Waals surface area (Å²) in [7, 11) is 0. The van der Waals surface area contributed by atoms with Crippen molar-refractivity contribution >= 4 is 31.9 Å². The number of rotatable bonds is 4. The van der Waals surface area contributed by atoms with Gasteiger partial charge in [0.05, 0.1) is 0 Å². The summed E-state index contributed by atoms with van der Waals surface area (Å²) in [6.07, 6.45) is 3.40. The lowest BCUT2D eigenvalue weighted by Crippen LogP contribution is -1.84. The van der Waals surface area contributed by atoms with E-state index < -0.39 is 0 Å². The van der Waals surface area contributed by atoms with Gasteiger partial charge in [-0.05, 0) is 24.6 Å². The van der Waals surface area contributed by atoms with E-state index in [0.717, 1.165) is 27.4 Å². The van der Waals surface area contributed by atoms with Gasteiger partial charge < -0.3 is 4.52 Å². The molecule has 0 saturated carbocycles. The Bertz CT molecular complexity index is 517. The van der Waals surface area contributed by atoms with Crippen molar-refractivity contribution in [2.24, 2.45) is 0 Å². The lowest BCUT2D eigenvalue weighted by atomic mass is 10.2. The minimum absolute atomic E-state index is 0.603. The van der Waals surface area contributed by atoms with Crippen molar-refractivity contribution in [3.63, 3.8) is 0 Å². The van der Waals surface area contributed by atoms with Crippen molar-refractivity contribution in [2.45, 2.75) is 12.8 Å². The van der Waals surface area contributed by atoms with Crippen LogP contribution >= 0.6 is 31.9 Å². The predicted octanol–water partition coefficient (Wildman–Crippen LogP) is 4.38. The Kier molecular flexibility index (Phi) is 4.12. The van der Waals surface area contributed by atoms with Crippen molar-refractivity contribution in [3.05, 3.63) is 45.7 Å². The smallest absolute Gasteiger partial charge is 0.227 e. The third-order valence-electron chi connectivity index (χ3n) is 2.15. The Labute approximate surface area is 116 Å². The van der Waals surface area contributed by atoms with E-state index >= 15 is 0 Å². The summed E-state index contributed by atoms with van der Waals surface area (Å²) >= 11 is 6.86. The van der Waals surface area contributed by atoms with Crippen molar-refractivity contribution in [1.82, 2.24) is 10.1 Å². The van der Waals surface area contributed by atoms with Gasteiger partial charge in [0.15, 0.2) is 0 Å². The van der Waals surface area contributed by atoms with Gasteiger partial charge in [-0.25, -0.2) is 0 Å². The van der Waals surface area contributed by atoms with Gasteiger partial charge in [0.25, 0.3) is 0 Å². The van der Waals surface area contributed by atoms with Crippen molar-refractivity contribution < 1.29 is 4.52 Å². The first kappa shape index (κ1) is 12.5. The Morgan fingerprint density at radius 1 is 1.24 bits per heavy atom. The van der Waals surface area contributed by atoms with E-state index in [1.165, 1.54) is 0 Å². The molecule has 1 heterocycles. The molecule has 0 saturated heterocycles. The molecule has 0 spiro atoms. The summed E-state index contributed by atoms with van der Waals surface area (Å²) in [5.74, 6) is 1.24. The summed E-state index contributed by atoms with van der Waals surface area (Å²) in [5.41, 5.74) is 0.917. The average Bonchev–Trinajstić information content (AvgIpc) is 2.73. The number of hydrogen-bond acceptors (Lipinski definition) is 3. The molecule has 1 aromatic heterocycles. The number of aryl methyl sites for hydroxylation is 1. The Balaban J connectivity index is 2.26. The molecule has 3 nitrogen and oxygen atoms in total. The second-order valence-electron chi connectivity index (χ2n) is 3.50. The van der Waals surface area contributed by atoms with Crippen LogP contribution in [0.25, 0.3) is 11.4 Å². The maximum absolute atomic E-state index is 5.16. The van der Waals surface area contributed by atoms with Gasteiger partial charge in [0.2, 0.25) is 11.7 Å². The van der Waals surface area contributed by atoms with Gasteiger partial charge in [-0.3, -0.25) is 0 Å². The minimum atomic E-state index is 0.603. The van der Waals surface area contributed by atoms with Gasteiger partial charge in [0, 0.05) is 20.9 Å². The standard InChI is InChI=1S/C12H10Br2N2O/c1-2-3-4-11-15-12(16-17-11)8-5-9(13)7-10(14)6-8/h2,5-7H,1,3-4H2. The van der Waals surface area contributed by atoms with Gasteiger partial charge >= 0.3 is 0 Å². The molecular formula is C12H10Br2N2O. The largest absolute Gasteiger partial charge is 0.339 e. The number of hydrogen-bond donors (Lipinski definition) is 0. The first-order valence-electron chi connectivity index (χ1n) is 5.09. The van der Waals surface area contributed by atoms with Crippen LogP contribution in [0.2, 0.25) is 0 Å². The molecular weight excluding hydrogens is 348 g/mol. The number of allylic oxidation sites excluding steroid dienone is 1. The zero-order chi connectivity index (χ0) is 12.3. The zero-order valence-electron chi connectivity index (χ0n) is 8.99. The van der Waals surface area contributed by atoms with Crippen LogP contribution in [-0.2, 0) is 6.42 Å². The fraction of sp³-hybridized carbons (Fsp3) is 0.167. The highest BCUT2D eigenvalue weighted by molar-refractivity contribution is 9.11. The molecule has 0 atom stereocenters. The van der Waals surface area contributed by atoms with Crippen LogP contribution in [0.4, 0.5) is 0 Å².